The highest BCUT2D eigenvalue weighted by molar-refractivity contribution is 5.48. The lowest BCUT2D eigenvalue weighted by Gasteiger charge is -2.41. The topological polar surface area (TPSA) is 68.5 Å². The van der Waals surface area contributed by atoms with Gasteiger partial charge in [-0.3, -0.25) is 4.90 Å². The van der Waals surface area contributed by atoms with Gasteiger partial charge in [0, 0.05) is 32.7 Å². The first-order valence-electron chi connectivity index (χ1n) is 11.7. The molecule has 9 heteroatoms. The lowest BCUT2D eigenvalue weighted by Crippen LogP contribution is -2.49. The van der Waals surface area contributed by atoms with Crippen LogP contribution in [-0.4, -0.2) is 65.5 Å². The van der Waals surface area contributed by atoms with Gasteiger partial charge in [0.05, 0.1) is 25.9 Å². The zero-order valence-corrected chi connectivity index (χ0v) is 20.3. The Bertz CT molecular complexity index is 1080. The average Bonchev–Trinajstić information content (AvgIpc) is 3.31. The van der Waals surface area contributed by atoms with Crippen molar-refractivity contribution in [2.75, 3.05) is 45.3 Å². The molecule has 1 aliphatic rings. The fourth-order valence-electron chi connectivity index (χ4n) is 4.69. The maximum absolute atomic E-state index is 14.2. The number of hydrogen-bond acceptors (Lipinski definition) is 7. The lowest BCUT2D eigenvalue weighted by molar-refractivity contribution is 0.134. The van der Waals surface area contributed by atoms with Gasteiger partial charge >= 0.3 is 0 Å². The smallest absolute Gasteiger partial charge is 0.168 e. The monoisotopic (exact) mass is 468 g/mol. The van der Waals surface area contributed by atoms with Crippen molar-refractivity contribution in [3.05, 3.63) is 59.7 Å². The first kappa shape index (κ1) is 23.9. The third-order valence-corrected chi connectivity index (χ3v) is 6.42. The van der Waals surface area contributed by atoms with E-state index in [1.165, 1.54) is 6.07 Å². The fourth-order valence-corrected chi connectivity index (χ4v) is 4.69. The molecule has 0 amide bonds. The van der Waals surface area contributed by atoms with E-state index in [9.17, 15) is 4.39 Å². The number of aromatic nitrogens is 4. The number of para-hydroxylation sites is 1. The number of halogens is 1. The molecule has 1 saturated heterocycles. The molecule has 0 aliphatic carbocycles. The minimum atomic E-state index is -0.171. The molecule has 0 bridgehead atoms. The molecule has 1 fully saturated rings. The van der Waals surface area contributed by atoms with E-state index in [0.29, 0.717) is 29.6 Å². The molecule has 0 saturated carbocycles. The van der Waals surface area contributed by atoms with Crippen LogP contribution in [0.1, 0.15) is 31.3 Å². The summed E-state index contributed by atoms with van der Waals surface area (Å²) in [4.78, 5) is 4.53. The number of tetrazole rings is 1. The normalized spacial score (nSPS) is 15.5. The van der Waals surface area contributed by atoms with E-state index in [2.05, 4.69) is 39.2 Å². The third-order valence-electron chi connectivity index (χ3n) is 6.42. The SMILES string of the molecule is COc1ccc(CCn2nnnc2[C@@H](C(C)C)N2CCN(c3ccccc3F)CC2)cc1OC. The van der Waals surface area contributed by atoms with E-state index < -0.39 is 0 Å². The Balaban J connectivity index is 1.45. The van der Waals surface area contributed by atoms with Gasteiger partial charge in [-0.1, -0.05) is 32.0 Å². The molecule has 4 rings (SSSR count). The summed E-state index contributed by atoms with van der Waals surface area (Å²) in [7, 11) is 3.27. The maximum Gasteiger partial charge on any atom is 0.168 e. The summed E-state index contributed by atoms with van der Waals surface area (Å²) >= 11 is 0. The number of benzene rings is 2. The first-order chi connectivity index (χ1) is 16.5. The molecule has 1 aliphatic heterocycles. The van der Waals surface area contributed by atoms with Gasteiger partial charge in [-0.25, -0.2) is 9.07 Å². The number of ether oxygens (including phenoxy) is 2. The van der Waals surface area contributed by atoms with Crippen molar-refractivity contribution in [1.82, 2.24) is 25.1 Å². The van der Waals surface area contributed by atoms with E-state index in [1.54, 1.807) is 20.3 Å². The molecule has 2 aromatic carbocycles. The molecule has 0 N–H and O–H groups in total. The summed E-state index contributed by atoms with van der Waals surface area (Å²) in [5, 5.41) is 12.7. The Morgan fingerprint density at radius 1 is 0.971 bits per heavy atom. The van der Waals surface area contributed by atoms with Gasteiger partial charge in [0.2, 0.25) is 0 Å². The Morgan fingerprint density at radius 3 is 2.38 bits per heavy atom. The van der Waals surface area contributed by atoms with Crippen LogP contribution in [0.3, 0.4) is 0 Å². The first-order valence-corrected chi connectivity index (χ1v) is 11.7. The fraction of sp³-hybridized carbons (Fsp3) is 0.480. The van der Waals surface area contributed by atoms with Crippen LogP contribution in [0.4, 0.5) is 10.1 Å². The number of hydrogen-bond donors (Lipinski definition) is 0. The number of nitrogens with zero attached hydrogens (tertiary/aromatic N) is 6. The molecule has 34 heavy (non-hydrogen) atoms. The Kier molecular flexibility index (Phi) is 7.62. The molecule has 3 aromatic rings. The lowest BCUT2D eigenvalue weighted by atomic mass is 10.0. The summed E-state index contributed by atoms with van der Waals surface area (Å²) in [5.74, 6) is 2.45. The summed E-state index contributed by atoms with van der Waals surface area (Å²) < 4.78 is 26.9. The second-order valence-electron chi connectivity index (χ2n) is 8.86. The van der Waals surface area contributed by atoms with Crippen LogP contribution in [0.25, 0.3) is 0 Å². The molecule has 0 radical (unpaired) electrons. The second-order valence-corrected chi connectivity index (χ2v) is 8.86. The van der Waals surface area contributed by atoms with Gasteiger partial charge < -0.3 is 14.4 Å². The van der Waals surface area contributed by atoms with E-state index in [0.717, 1.165) is 44.0 Å². The zero-order chi connectivity index (χ0) is 24.1. The molecule has 0 unspecified atom stereocenters. The quantitative estimate of drug-likeness (QED) is 0.475. The van der Waals surface area contributed by atoms with Gasteiger partial charge in [0.1, 0.15) is 5.82 Å². The molecule has 8 nitrogen and oxygen atoms in total. The van der Waals surface area contributed by atoms with Crippen molar-refractivity contribution in [2.45, 2.75) is 32.9 Å². The number of aryl methyl sites for hydroxylation is 2. The molecule has 0 spiro atoms. The minimum absolute atomic E-state index is 0.0863. The maximum atomic E-state index is 14.2. The minimum Gasteiger partial charge on any atom is -0.493 e. The van der Waals surface area contributed by atoms with Crippen molar-refractivity contribution in [2.24, 2.45) is 5.92 Å². The summed E-state index contributed by atoms with van der Waals surface area (Å²) in [5.41, 5.74) is 1.79. The summed E-state index contributed by atoms with van der Waals surface area (Å²) in [6.45, 7) is 8.22. The predicted octanol–water partition coefficient (Wildman–Crippen LogP) is 3.59. The van der Waals surface area contributed by atoms with Crippen LogP contribution in [0.5, 0.6) is 11.5 Å². The average molecular weight is 469 g/mol. The molecular formula is C25H33FN6O2. The van der Waals surface area contributed by atoms with Crippen molar-refractivity contribution >= 4 is 5.69 Å². The van der Waals surface area contributed by atoms with Crippen LogP contribution in [-0.2, 0) is 13.0 Å². The largest absolute Gasteiger partial charge is 0.493 e. The second kappa shape index (κ2) is 10.8. The van der Waals surface area contributed by atoms with Crippen molar-refractivity contribution < 1.29 is 13.9 Å². The van der Waals surface area contributed by atoms with Gasteiger partial charge in [-0.15, -0.1) is 5.10 Å². The third kappa shape index (κ3) is 5.14. The van der Waals surface area contributed by atoms with Crippen LogP contribution in [0.15, 0.2) is 42.5 Å². The van der Waals surface area contributed by atoms with Gasteiger partial charge in [-0.05, 0) is 52.6 Å². The van der Waals surface area contributed by atoms with Gasteiger partial charge in [0.25, 0.3) is 0 Å². The van der Waals surface area contributed by atoms with E-state index in [-0.39, 0.29) is 11.9 Å². The molecule has 2 heterocycles. The highest BCUT2D eigenvalue weighted by Gasteiger charge is 2.31. The van der Waals surface area contributed by atoms with E-state index in [1.807, 2.05) is 35.0 Å². The molecular weight excluding hydrogens is 435 g/mol. The number of piperazine rings is 1. The highest BCUT2D eigenvalue weighted by atomic mass is 19.1. The standard InChI is InChI=1S/C25H33FN6O2/c1-18(2)24(31-15-13-30(14-16-31)21-8-6-5-7-20(21)26)25-27-28-29-32(25)12-11-19-9-10-22(33-3)23(17-19)34-4/h5-10,17-18,24H,11-16H2,1-4H3/t24-/m1/s1. The number of methoxy groups -OCH3 is 2. The van der Waals surface area contributed by atoms with Crippen molar-refractivity contribution in [3.8, 4) is 11.5 Å². The Morgan fingerprint density at radius 2 is 1.71 bits per heavy atom. The van der Waals surface area contributed by atoms with Crippen molar-refractivity contribution in [1.29, 1.82) is 0 Å². The van der Waals surface area contributed by atoms with Crippen LogP contribution in [0, 0.1) is 11.7 Å². The highest BCUT2D eigenvalue weighted by Crippen LogP contribution is 2.30. The number of rotatable bonds is 9. The van der Waals surface area contributed by atoms with Gasteiger partial charge in [-0.2, -0.15) is 0 Å². The van der Waals surface area contributed by atoms with Gasteiger partial charge in [0.15, 0.2) is 17.3 Å². The van der Waals surface area contributed by atoms with Crippen LogP contribution in [0.2, 0.25) is 0 Å². The molecule has 182 valence electrons. The Labute approximate surface area is 200 Å². The van der Waals surface area contributed by atoms with E-state index >= 15 is 0 Å². The van der Waals surface area contributed by atoms with Crippen LogP contribution < -0.4 is 14.4 Å². The zero-order valence-electron chi connectivity index (χ0n) is 20.3. The summed E-state index contributed by atoms with van der Waals surface area (Å²) in [6.07, 6.45) is 0.768. The molecule has 1 aromatic heterocycles. The van der Waals surface area contributed by atoms with Crippen molar-refractivity contribution in [3.63, 3.8) is 0 Å². The predicted molar refractivity (Wildman–Crippen MR) is 129 cm³/mol. The van der Waals surface area contributed by atoms with E-state index in [4.69, 9.17) is 9.47 Å². The summed E-state index contributed by atoms with van der Waals surface area (Å²) in [6, 6.07) is 13.0. The van der Waals surface area contributed by atoms with Crippen LogP contribution >= 0.6 is 0 Å². The Hall–Kier alpha value is -3.20. The molecule has 1 atom stereocenters. The number of anilines is 1.